The van der Waals surface area contributed by atoms with Gasteiger partial charge in [0.2, 0.25) is 10.0 Å². The van der Waals surface area contributed by atoms with Crippen LogP contribution in [-0.4, -0.2) is 31.7 Å². The van der Waals surface area contributed by atoms with Crippen LogP contribution in [-0.2, 0) is 10.0 Å². The number of aryl methyl sites for hydroxylation is 2. The van der Waals surface area contributed by atoms with Gasteiger partial charge in [-0.3, -0.25) is 4.79 Å². The number of benzene rings is 2. The molecule has 0 atom stereocenters. The molecule has 1 amide bonds. The molecule has 3 rings (SSSR count). The van der Waals surface area contributed by atoms with Crippen LogP contribution < -0.4 is 5.32 Å². The molecule has 0 saturated carbocycles. The van der Waals surface area contributed by atoms with E-state index in [2.05, 4.69) is 5.32 Å². The summed E-state index contributed by atoms with van der Waals surface area (Å²) in [5, 5.41) is 2.65. The van der Waals surface area contributed by atoms with Gasteiger partial charge in [-0.25, -0.2) is 12.8 Å². The van der Waals surface area contributed by atoms with Crippen molar-refractivity contribution in [1.82, 2.24) is 4.31 Å². The van der Waals surface area contributed by atoms with E-state index in [1.165, 1.54) is 10.4 Å². The zero-order chi connectivity index (χ0) is 20.3. The number of nitrogens with one attached hydrogen (secondary N) is 1. The van der Waals surface area contributed by atoms with Gasteiger partial charge in [0.1, 0.15) is 5.82 Å². The number of nitrogens with zero attached hydrogens (tertiary/aromatic N) is 1. The first-order valence-electron chi connectivity index (χ1n) is 9.47. The van der Waals surface area contributed by atoms with Crippen LogP contribution >= 0.6 is 0 Å². The summed E-state index contributed by atoms with van der Waals surface area (Å²) >= 11 is 0. The van der Waals surface area contributed by atoms with E-state index < -0.39 is 21.7 Å². The van der Waals surface area contributed by atoms with Crippen LogP contribution in [0.4, 0.5) is 10.1 Å². The molecular formula is C21H25FN2O3S. The second-order valence-corrected chi connectivity index (χ2v) is 9.15. The molecule has 0 aromatic heterocycles. The lowest BCUT2D eigenvalue weighted by Gasteiger charge is -2.20. The molecule has 7 heteroatoms. The third-order valence-electron chi connectivity index (χ3n) is 5.15. The van der Waals surface area contributed by atoms with Crippen molar-refractivity contribution >= 4 is 21.6 Å². The van der Waals surface area contributed by atoms with Crippen molar-refractivity contribution in [3.05, 3.63) is 58.9 Å². The van der Waals surface area contributed by atoms with Crippen LogP contribution in [0.25, 0.3) is 0 Å². The van der Waals surface area contributed by atoms with E-state index in [0.717, 1.165) is 48.9 Å². The molecule has 1 aliphatic heterocycles. The van der Waals surface area contributed by atoms with Crippen molar-refractivity contribution in [3.8, 4) is 0 Å². The Labute approximate surface area is 165 Å². The van der Waals surface area contributed by atoms with E-state index in [-0.39, 0.29) is 10.5 Å². The van der Waals surface area contributed by atoms with Gasteiger partial charge in [-0.1, -0.05) is 18.9 Å². The number of carbonyl (C=O) groups is 1. The maximum absolute atomic E-state index is 14.3. The second-order valence-electron chi connectivity index (χ2n) is 7.21. The van der Waals surface area contributed by atoms with Gasteiger partial charge in [0, 0.05) is 18.8 Å². The van der Waals surface area contributed by atoms with E-state index in [4.69, 9.17) is 0 Å². The Hall–Kier alpha value is -2.25. The number of sulfonamides is 1. The monoisotopic (exact) mass is 404 g/mol. The summed E-state index contributed by atoms with van der Waals surface area (Å²) in [6, 6.07) is 8.79. The molecular weight excluding hydrogens is 379 g/mol. The molecule has 2 aromatic carbocycles. The molecule has 1 heterocycles. The molecule has 5 nitrogen and oxygen atoms in total. The SMILES string of the molecule is Cc1ccc(NC(=O)c2cc(S(=O)(=O)N3CCCCCC3)ccc2F)cc1C. The second kappa shape index (κ2) is 8.41. The minimum atomic E-state index is -3.76. The first kappa shape index (κ1) is 20.5. The molecule has 1 N–H and O–H groups in total. The minimum absolute atomic E-state index is 0.0546. The Balaban J connectivity index is 1.88. The average molecular weight is 405 g/mol. The van der Waals surface area contributed by atoms with Crippen LogP contribution in [0.5, 0.6) is 0 Å². The number of hydrogen-bond donors (Lipinski definition) is 1. The van der Waals surface area contributed by atoms with E-state index in [1.807, 2.05) is 19.9 Å². The first-order chi connectivity index (χ1) is 13.3. The highest BCUT2D eigenvalue weighted by molar-refractivity contribution is 7.89. The van der Waals surface area contributed by atoms with Crippen molar-refractivity contribution in [2.45, 2.75) is 44.4 Å². The zero-order valence-electron chi connectivity index (χ0n) is 16.2. The lowest BCUT2D eigenvalue weighted by atomic mass is 10.1. The van der Waals surface area contributed by atoms with Gasteiger partial charge in [-0.15, -0.1) is 0 Å². The quantitative estimate of drug-likeness (QED) is 0.828. The Morgan fingerprint density at radius 2 is 1.64 bits per heavy atom. The van der Waals surface area contributed by atoms with Gasteiger partial charge in [-0.2, -0.15) is 4.31 Å². The fraction of sp³-hybridized carbons (Fsp3) is 0.381. The molecule has 0 unspecified atom stereocenters. The first-order valence-corrected chi connectivity index (χ1v) is 10.9. The van der Waals surface area contributed by atoms with Gasteiger partial charge < -0.3 is 5.32 Å². The predicted octanol–water partition coefficient (Wildman–Crippen LogP) is 4.26. The highest BCUT2D eigenvalue weighted by Crippen LogP contribution is 2.23. The summed E-state index contributed by atoms with van der Waals surface area (Å²) in [4.78, 5) is 12.5. The van der Waals surface area contributed by atoms with Gasteiger partial charge >= 0.3 is 0 Å². The summed E-state index contributed by atoms with van der Waals surface area (Å²) in [5.74, 6) is -1.43. The molecule has 0 aliphatic carbocycles. The lowest BCUT2D eigenvalue weighted by Crippen LogP contribution is -2.32. The van der Waals surface area contributed by atoms with Crippen molar-refractivity contribution in [1.29, 1.82) is 0 Å². The smallest absolute Gasteiger partial charge is 0.258 e. The molecule has 0 spiro atoms. The van der Waals surface area contributed by atoms with E-state index >= 15 is 0 Å². The summed E-state index contributed by atoms with van der Waals surface area (Å²) in [7, 11) is -3.76. The third-order valence-corrected chi connectivity index (χ3v) is 7.04. The van der Waals surface area contributed by atoms with Crippen LogP contribution in [0.15, 0.2) is 41.3 Å². The Morgan fingerprint density at radius 3 is 2.29 bits per heavy atom. The molecule has 1 saturated heterocycles. The van der Waals surface area contributed by atoms with Crippen molar-refractivity contribution < 1.29 is 17.6 Å². The van der Waals surface area contributed by atoms with Crippen LogP contribution in [0.3, 0.4) is 0 Å². The fourth-order valence-corrected chi connectivity index (χ4v) is 4.83. The Morgan fingerprint density at radius 1 is 0.964 bits per heavy atom. The minimum Gasteiger partial charge on any atom is -0.322 e. The van der Waals surface area contributed by atoms with Gasteiger partial charge in [-0.05, 0) is 68.1 Å². The van der Waals surface area contributed by atoms with Crippen molar-refractivity contribution in [2.75, 3.05) is 18.4 Å². The maximum Gasteiger partial charge on any atom is 0.258 e. The normalized spacial score (nSPS) is 15.8. The average Bonchev–Trinajstić information content (AvgIpc) is 2.95. The van der Waals surface area contributed by atoms with Crippen molar-refractivity contribution in [3.63, 3.8) is 0 Å². The highest BCUT2D eigenvalue weighted by Gasteiger charge is 2.27. The lowest BCUT2D eigenvalue weighted by molar-refractivity contribution is 0.102. The van der Waals surface area contributed by atoms with Crippen molar-refractivity contribution in [2.24, 2.45) is 0 Å². The van der Waals surface area contributed by atoms with Gasteiger partial charge in [0.15, 0.2) is 0 Å². The van der Waals surface area contributed by atoms with Crippen LogP contribution in [0.1, 0.15) is 47.2 Å². The largest absolute Gasteiger partial charge is 0.322 e. The van der Waals surface area contributed by atoms with Crippen LogP contribution in [0.2, 0.25) is 0 Å². The van der Waals surface area contributed by atoms with Crippen LogP contribution in [0, 0.1) is 19.7 Å². The number of carbonyl (C=O) groups excluding carboxylic acids is 1. The zero-order valence-corrected chi connectivity index (χ0v) is 17.0. The summed E-state index contributed by atoms with van der Waals surface area (Å²) in [6.45, 7) is 4.77. The number of hydrogen-bond acceptors (Lipinski definition) is 3. The molecule has 0 bridgehead atoms. The number of rotatable bonds is 4. The number of amides is 1. The molecule has 2 aromatic rings. The molecule has 0 radical (unpaired) electrons. The van der Waals surface area contributed by atoms with Gasteiger partial charge in [0.05, 0.1) is 10.5 Å². The highest BCUT2D eigenvalue weighted by atomic mass is 32.2. The molecule has 1 fully saturated rings. The maximum atomic E-state index is 14.3. The molecule has 1 aliphatic rings. The predicted molar refractivity (Wildman–Crippen MR) is 107 cm³/mol. The number of halogens is 1. The summed E-state index contributed by atoms with van der Waals surface area (Å²) in [5.41, 5.74) is 2.33. The Bertz CT molecular complexity index is 981. The van der Waals surface area contributed by atoms with E-state index in [0.29, 0.717) is 18.8 Å². The number of anilines is 1. The Kier molecular flexibility index (Phi) is 6.15. The van der Waals surface area contributed by atoms with E-state index in [1.54, 1.807) is 12.1 Å². The fourth-order valence-electron chi connectivity index (χ4n) is 3.29. The standard InChI is InChI=1S/C21H25FN2O3S/c1-15-7-8-17(13-16(15)2)23-21(25)19-14-18(9-10-20(19)22)28(26,27)24-11-5-3-4-6-12-24/h7-10,13-14H,3-6,11-12H2,1-2H3,(H,23,25). The third kappa shape index (κ3) is 4.42. The summed E-state index contributed by atoms with van der Waals surface area (Å²) in [6.07, 6.45) is 3.61. The molecule has 28 heavy (non-hydrogen) atoms. The summed E-state index contributed by atoms with van der Waals surface area (Å²) < 4.78 is 41.6. The van der Waals surface area contributed by atoms with E-state index in [9.17, 15) is 17.6 Å². The van der Waals surface area contributed by atoms with Gasteiger partial charge in [0.25, 0.3) is 5.91 Å². The topological polar surface area (TPSA) is 66.5 Å². The molecule has 150 valence electrons.